The molecule has 15 heavy (non-hydrogen) atoms. The number of methoxy groups -OCH3 is 1. The van der Waals surface area contributed by atoms with E-state index in [1.165, 1.54) is 7.11 Å². The molecule has 1 aliphatic rings. The number of esters is 1. The predicted octanol–water partition coefficient (Wildman–Crippen LogP) is 0.430. The maximum Gasteiger partial charge on any atom is 0.324 e. The molecule has 0 aliphatic carbocycles. The van der Waals surface area contributed by atoms with Crippen LogP contribution in [0.4, 0.5) is 0 Å². The van der Waals surface area contributed by atoms with Gasteiger partial charge in [-0.2, -0.15) is 0 Å². The van der Waals surface area contributed by atoms with Crippen molar-refractivity contribution in [3.8, 4) is 0 Å². The highest BCUT2D eigenvalue weighted by Gasteiger charge is 2.35. The van der Waals surface area contributed by atoms with Crippen molar-refractivity contribution in [3.63, 3.8) is 0 Å². The number of nitrogens with zero attached hydrogens (tertiary/aromatic N) is 2. The molecule has 0 spiro atoms. The molecule has 0 bridgehead atoms. The van der Waals surface area contributed by atoms with Gasteiger partial charge in [0.25, 0.3) is 0 Å². The number of piperazine rings is 1. The molecule has 0 N–H and O–H groups in total. The summed E-state index contributed by atoms with van der Waals surface area (Å²) in [4.78, 5) is 15.9. The van der Waals surface area contributed by atoms with Gasteiger partial charge in [-0.05, 0) is 20.0 Å². The lowest BCUT2D eigenvalue weighted by Crippen LogP contribution is -2.59. The Morgan fingerprint density at radius 1 is 1.27 bits per heavy atom. The van der Waals surface area contributed by atoms with Gasteiger partial charge in [0.05, 0.1) is 7.11 Å². The topological polar surface area (TPSA) is 32.8 Å². The van der Waals surface area contributed by atoms with Crippen LogP contribution in [0, 0.1) is 5.92 Å². The molecule has 0 aromatic heterocycles. The summed E-state index contributed by atoms with van der Waals surface area (Å²) in [6.07, 6.45) is 0. The fourth-order valence-electron chi connectivity index (χ4n) is 2.22. The quantitative estimate of drug-likeness (QED) is 0.624. The third kappa shape index (κ3) is 2.69. The standard InChI is InChI=1S/C11H22N2O2/c1-8(2)9-6-13(4)10(7-12(9)3)11(14)15-5/h8-10H,6-7H2,1-5H3. The van der Waals surface area contributed by atoms with Crippen molar-refractivity contribution in [3.05, 3.63) is 0 Å². The number of carbonyl (C=O) groups excluding carboxylic acids is 1. The lowest BCUT2D eigenvalue weighted by molar-refractivity contribution is -0.150. The Labute approximate surface area is 92.2 Å². The van der Waals surface area contributed by atoms with Crippen LogP contribution in [0.5, 0.6) is 0 Å². The molecule has 0 saturated carbocycles. The third-order valence-electron chi connectivity index (χ3n) is 3.28. The monoisotopic (exact) mass is 214 g/mol. The number of carbonyl (C=O) groups is 1. The van der Waals surface area contributed by atoms with Crippen molar-refractivity contribution in [2.45, 2.75) is 25.9 Å². The molecule has 0 aromatic carbocycles. The van der Waals surface area contributed by atoms with E-state index in [-0.39, 0.29) is 12.0 Å². The van der Waals surface area contributed by atoms with Gasteiger partial charge in [0.2, 0.25) is 0 Å². The highest BCUT2D eigenvalue weighted by molar-refractivity contribution is 5.76. The minimum atomic E-state index is -0.133. The van der Waals surface area contributed by atoms with Gasteiger partial charge in [-0.3, -0.25) is 14.6 Å². The first kappa shape index (κ1) is 12.5. The van der Waals surface area contributed by atoms with Crippen LogP contribution in [-0.2, 0) is 9.53 Å². The zero-order valence-corrected chi connectivity index (χ0v) is 10.4. The summed E-state index contributed by atoms with van der Waals surface area (Å²) in [6.45, 7) is 6.11. The van der Waals surface area contributed by atoms with E-state index in [2.05, 4.69) is 30.7 Å². The first-order valence-electron chi connectivity index (χ1n) is 5.45. The van der Waals surface area contributed by atoms with Gasteiger partial charge < -0.3 is 4.74 Å². The number of likely N-dealkylation sites (N-methyl/N-ethyl adjacent to an activating group) is 2. The van der Waals surface area contributed by atoms with E-state index >= 15 is 0 Å². The molecule has 0 aromatic rings. The highest BCUT2D eigenvalue weighted by Crippen LogP contribution is 2.18. The lowest BCUT2D eigenvalue weighted by atomic mass is 9.98. The summed E-state index contributed by atoms with van der Waals surface area (Å²) in [7, 11) is 5.52. The number of hydrogen-bond donors (Lipinski definition) is 0. The van der Waals surface area contributed by atoms with Crippen LogP contribution in [0.25, 0.3) is 0 Å². The lowest BCUT2D eigenvalue weighted by Gasteiger charge is -2.43. The maximum absolute atomic E-state index is 11.5. The average molecular weight is 214 g/mol. The van der Waals surface area contributed by atoms with Crippen molar-refractivity contribution < 1.29 is 9.53 Å². The summed E-state index contributed by atoms with van der Waals surface area (Å²) in [6, 6.07) is 0.408. The maximum atomic E-state index is 11.5. The van der Waals surface area contributed by atoms with Crippen molar-refractivity contribution in [1.29, 1.82) is 0 Å². The fourth-order valence-corrected chi connectivity index (χ4v) is 2.22. The number of ether oxygens (including phenoxy) is 1. The second-order valence-corrected chi connectivity index (χ2v) is 4.73. The van der Waals surface area contributed by atoms with Crippen molar-refractivity contribution in [2.24, 2.45) is 5.92 Å². The molecule has 0 radical (unpaired) electrons. The second-order valence-electron chi connectivity index (χ2n) is 4.73. The molecule has 0 amide bonds. The SMILES string of the molecule is COC(=O)C1CN(C)C(C(C)C)CN1C. The largest absolute Gasteiger partial charge is 0.468 e. The molecule has 1 aliphatic heterocycles. The molecule has 2 unspecified atom stereocenters. The molecule has 4 heteroatoms. The fraction of sp³-hybridized carbons (Fsp3) is 0.909. The van der Waals surface area contributed by atoms with Crippen LogP contribution in [0.2, 0.25) is 0 Å². The van der Waals surface area contributed by atoms with E-state index in [1.54, 1.807) is 0 Å². The Bertz CT molecular complexity index is 231. The van der Waals surface area contributed by atoms with E-state index in [4.69, 9.17) is 4.74 Å². The molecule has 1 rings (SSSR count). The third-order valence-corrected chi connectivity index (χ3v) is 3.28. The molecule has 1 heterocycles. The Morgan fingerprint density at radius 2 is 1.87 bits per heavy atom. The van der Waals surface area contributed by atoms with Gasteiger partial charge in [-0.1, -0.05) is 13.8 Å². The summed E-state index contributed by atoms with van der Waals surface area (Å²) in [5, 5.41) is 0. The summed E-state index contributed by atoms with van der Waals surface area (Å²) in [5.74, 6) is 0.475. The summed E-state index contributed by atoms with van der Waals surface area (Å²) >= 11 is 0. The van der Waals surface area contributed by atoms with Gasteiger partial charge in [0.1, 0.15) is 6.04 Å². The van der Waals surface area contributed by atoms with Gasteiger partial charge in [0.15, 0.2) is 0 Å². The first-order chi connectivity index (χ1) is 6.97. The first-order valence-corrected chi connectivity index (χ1v) is 5.45. The van der Waals surface area contributed by atoms with Crippen LogP contribution < -0.4 is 0 Å². The Hall–Kier alpha value is -0.610. The Balaban J connectivity index is 2.66. The molecule has 88 valence electrons. The van der Waals surface area contributed by atoms with E-state index in [0.29, 0.717) is 12.0 Å². The highest BCUT2D eigenvalue weighted by atomic mass is 16.5. The zero-order valence-electron chi connectivity index (χ0n) is 10.4. The normalized spacial score (nSPS) is 29.5. The molecule has 1 saturated heterocycles. The van der Waals surface area contributed by atoms with Gasteiger partial charge >= 0.3 is 5.97 Å². The minimum absolute atomic E-state index is 0.116. The van der Waals surface area contributed by atoms with Crippen molar-refractivity contribution >= 4 is 5.97 Å². The second kappa shape index (κ2) is 4.94. The Morgan fingerprint density at radius 3 is 2.33 bits per heavy atom. The van der Waals surface area contributed by atoms with Crippen LogP contribution in [0.15, 0.2) is 0 Å². The number of hydrogen-bond acceptors (Lipinski definition) is 4. The van der Waals surface area contributed by atoms with E-state index in [1.807, 2.05) is 7.05 Å². The summed E-state index contributed by atoms with van der Waals surface area (Å²) < 4.78 is 4.80. The molecular weight excluding hydrogens is 192 g/mol. The van der Waals surface area contributed by atoms with Crippen LogP contribution >= 0.6 is 0 Å². The zero-order chi connectivity index (χ0) is 11.6. The van der Waals surface area contributed by atoms with Crippen molar-refractivity contribution in [2.75, 3.05) is 34.3 Å². The molecule has 2 atom stereocenters. The molecule has 4 nitrogen and oxygen atoms in total. The van der Waals surface area contributed by atoms with Gasteiger partial charge in [0, 0.05) is 19.1 Å². The van der Waals surface area contributed by atoms with E-state index in [0.717, 1.165) is 13.1 Å². The van der Waals surface area contributed by atoms with Crippen molar-refractivity contribution in [1.82, 2.24) is 9.80 Å². The van der Waals surface area contributed by atoms with E-state index in [9.17, 15) is 4.79 Å². The predicted molar refractivity (Wildman–Crippen MR) is 59.7 cm³/mol. The van der Waals surface area contributed by atoms with E-state index < -0.39 is 0 Å². The van der Waals surface area contributed by atoms with Crippen LogP contribution in [-0.4, -0.2) is 62.1 Å². The van der Waals surface area contributed by atoms with Gasteiger partial charge in [-0.15, -0.1) is 0 Å². The van der Waals surface area contributed by atoms with Crippen LogP contribution in [0.1, 0.15) is 13.8 Å². The number of rotatable bonds is 2. The Kier molecular flexibility index (Phi) is 4.11. The molecule has 1 fully saturated rings. The summed E-state index contributed by atoms with van der Waals surface area (Å²) in [5.41, 5.74) is 0. The smallest absolute Gasteiger partial charge is 0.324 e. The van der Waals surface area contributed by atoms with Gasteiger partial charge in [-0.25, -0.2) is 0 Å². The van der Waals surface area contributed by atoms with Crippen LogP contribution in [0.3, 0.4) is 0 Å². The average Bonchev–Trinajstić information content (AvgIpc) is 2.19. The molecular formula is C11H22N2O2. The minimum Gasteiger partial charge on any atom is -0.468 e.